The molecule has 13 nitrogen and oxygen atoms in total. The van der Waals surface area contributed by atoms with Crippen molar-refractivity contribution in [3.8, 4) is 11.4 Å². The third-order valence-electron chi connectivity index (χ3n) is 6.99. The minimum Gasteiger partial charge on any atom is -0.390 e. The highest BCUT2D eigenvalue weighted by Crippen LogP contribution is 2.30. The number of aliphatic hydroxyl groups excluding tert-OH is 2. The highest BCUT2D eigenvalue weighted by atomic mass is 16.5. The molecule has 0 spiro atoms. The lowest BCUT2D eigenvalue weighted by Crippen LogP contribution is -2.37. The van der Waals surface area contributed by atoms with Crippen LogP contribution in [-0.4, -0.2) is 72.9 Å². The summed E-state index contributed by atoms with van der Waals surface area (Å²) < 4.78 is 6.78. The topological polar surface area (TPSA) is 189 Å². The van der Waals surface area contributed by atoms with Gasteiger partial charge >= 0.3 is 5.69 Å². The number of aliphatic hydroxyl groups is 2. The summed E-state index contributed by atoms with van der Waals surface area (Å²) in [5.74, 6) is -0.432. The molecule has 3 aromatic rings. The molecule has 0 aliphatic carbocycles. The van der Waals surface area contributed by atoms with Gasteiger partial charge in [-0.25, -0.2) is 4.79 Å². The van der Waals surface area contributed by atoms with Crippen molar-refractivity contribution in [1.82, 2.24) is 30.2 Å². The Balaban J connectivity index is 1.09. The third-order valence-corrected chi connectivity index (χ3v) is 6.99. The quantitative estimate of drug-likeness (QED) is 0.178. The van der Waals surface area contributed by atoms with Gasteiger partial charge in [-0.1, -0.05) is 0 Å². The van der Waals surface area contributed by atoms with Crippen LogP contribution < -0.4 is 21.9 Å². The van der Waals surface area contributed by atoms with Crippen molar-refractivity contribution >= 4 is 11.8 Å². The van der Waals surface area contributed by atoms with Crippen molar-refractivity contribution in [3.05, 3.63) is 80.9 Å². The van der Waals surface area contributed by atoms with E-state index in [0.29, 0.717) is 12.8 Å². The molecule has 1 fully saturated rings. The van der Waals surface area contributed by atoms with E-state index in [1.807, 2.05) is 31.2 Å². The molecule has 0 saturated carbocycles. The second-order valence-corrected chi connectivity index (χ2v) is 10.3. The van der Waals surface area contributed by atoms with Gasteiger partial charge in [0.05, 0.1) is 23.6 Å². The van der Waals surface area contributed by atoms with Gasteiger partial charge in [-0.05, 0) is 61.6 Å². The average molecular weight is 581 g/mol. The monoisotopic (exact) mass is 580 g/mol. The molecule has 0 bridgehead atoms. The predicted molar refractivity (Wildman–Crippen MR) is 152 cm³/mol. The molecular weight excluding hydrogens is 544 g/mol. The SMILES string of the molecule is Cc1ccnc(-c2cc(CCCC(=O)NCCNC(=O)CCC(O)[C@H]3O[C@@H](n4ccc(=O)[nH]c4=O)C[C@@H]3O)ccn2)c1. The third kappa shape index (κ3) is 8.65. The fraction of sp³-hybridized carbons (Fsp3) is 0.448. The lowest BCUT2D eigenvalue weighted by Gasteiger charge is -2.21. The number of aryl methyl sites for hydroxylation is 2. The minimum atomic E-state index is -1.14. The number of H-pyrrole nitrogens is 1. The van der Waals surface area contributed by atoms with E-state index in [-0.39, 0.29) is 44.2 Å². The summed E-state index contributed by atoms with van der Waals surface area (Å²) in [7, 11) is 0. The number of nitrogens with zero attached hydrogens (tertiary/aromatic N) is 3. The number of aromatic nitrogens is 4. The molecule has 1 aliphatic heterocycles. The largest absolute Gasteiger partial charge is 0.390 e. The van der Waals surface area contributed by atoms with Crippen molar-refractivity contribution in [2.45, 2.75) is 70.0 Å². The second-order valence-electron chi connectivity index (χ2n) is 10.3. The standard InChI is InChI=1S/C29H36N6O7/c1-18-7-10-30-20(15-18)21-16-19(8-11-31-21)3-2-4-24(38)32-12-13-33-25(39)6-5-22(36)28-23(37)17-27(42-28)35-14-9-26(40)34-29(35)41/h7-11,14-16,22-23,27-28,36-37H,2-6,12-13,17H2,1H3,(H,32,38)(H,33,39)(H,34,40,41)/t22?,23-,27+,28+/m0/s1. The van der Waals surface area contributed by atoms with Gasteiger partial charge in [0, 0.05) is 57.0 Å². The highest BCUT2D eigenvalue weighted by molar-refractivity contribution is 5.77. The molecule has 5 N–H and O–H groups in total. The lowest BCUT2D eigenvalue weighted by atomic mass is 10.0. The summed E-state index contributed by atoms with van der Waals surface area (Å²) in [6.45, 7) is 2.51. The Morgan fingerprint density at radius 2 is 1.76 bits per heavy atom. The number of carbonyl (C=O) groups excluding carboxylic acids is 2. The first kappa shape index (κ1) is 30.8. The first-order valence-electron chi connectivity index (χ1n) is 13.9. The predicted octanol–water partition coefficient (Wildman–Crippen LogP) is 0.347. The molecule has 0 aromatic carbocycles. The van der Waals surface area contributed by atoms with E-state index >= 15 is 0 Å². The maximum Gasteiger partial charge on any atom is 0.330 e. The normalized spacial score (nSPS) is 18.9. The second kappa shape index (κ2) is 14.6. The number of hydrogen-bond donors (Lipinski definition) is 5. The van der Waals surface area contributed by atoms with Gasteiger partial charge in [0.2, 0.25) is 11.8 Å². The molecule has 1 unspecified atom stereocenters. The summed E-state index contributed by atoms with van der Waals surface area (Å²) in [6, 6.07) is 8.98. The Morgan fingerprint density at radius 3 is 2.48 bits per heavy atom. The average Bonchev–Trinajstić information content (AvgIpc) is 3.35. The molecule has 42 heavy (non-hydrogen) atoms. The number of amides is 2. The molecule has 13 heteroatoms. The molecule has 224 valence electrons. The van der Waals surface area contributed by atoms with E-state index in [1.165, 1.54) is 6.20 Å². The summed E-state index contributed by atoms with van der Waals surface area (Å²) >= 11 is 0. The van der Waals surface area contributed by atoms with Gasteiger partial charge in [0.25, 0.3) is 5.56 Å². The number of aromatic amines is 1. The summed E-state index contributed by atoms with van der Waals surface area (Å²) in [5, 5.41) is 26.2. The molecule has 3 aromatic heterocycles. The van der Waals surface area contributed by atoms with Gasteiger partial charge in [-0.3, -0.25) is 33.9 Å². The Morgan fingerprint density at radius 1 is 1.07 bits per heavy atom. The van der Waals surface area contributed by atoms with Crippen LogP contribution in [-0.2, 0) is 20.7 Å². The molecule has 4 heterocycles. The zero-order chi connectivity index (χ0) is 30.1. The van der Waals surface area contributed by atoms with Crippen molar-refractivity contribution in [3.63, 3.8) is 0 Å². The van der Waals surface area contributed by atoms with Gasteiger partial charge in [-0.15, -0.1) is 0 Å². The van der Waals surface area contributed by atoms with Crippen molar-refractivity contribution < 1.29 is 24.5 Å². The Labute approximate surface area is 242 Å². The smallest absolute Gasteiger partial charge is 0.330 e. The van der Waals surface area contributed by atoms with Crippen molar-refractivity contribution in [1.29, 1.82) is 0 Å². The highest BCUT2D eigenvalue weighted by Gasteiger charge is 2.39. The van der Waals surface area contributed by atoms with Gasteiger partial charge in [-0.2, -0.15) is 0 Å². The Kier molecular flexibility index (Phi) is 10.7. The number of ether oxygens (including phenoxy) is 1. The summed E-state index contributed by atoms with van der Waals surface area (Å²) in [6.07, 6.45) is 2.52. The molecule has 1 saturated heterocycles. The first-order chi connectivity index (χ1) is 20.2. The van der Waals surface area contributed by atoms with Crippen molar-refractivity contribution in [2.75, 3.05) is 13.1 Å². The van der Waals surface area contributed by atoms with Gasteiger partial charge in [0.1, 0.15) is 12.3 Å². The van der Waals surface area contributed by atoms with E-state index in [2.05, 4.69) is 25.6 Å². The minimum absolute atomic E-state index is 0.0169. The van der Waals surface area contributed by atoms with Crippen LogP contribution in [0.2, 0.25) is 0 Å². The van der Waals surface area contributed by atoms with Crippen LogP contribution in [0.5, 0.6) is 0 Å². The zero-order valence-corrected chi connectivity index (χ0v) is 23.4. The lowest BCUT2D eigenvalue weighted by molar-refractivity contribution is -0.124. The van der Waals surface area contributed by atoms with Crippen LogP contribution in [0.1, 0.15) is 49.5 Å². The number of carbonyl (C=O) groups is 2. The van der Waals surface area contributed by atoms with Crippen LogP contribution in [0.4, 0.5) is 0 Å². The van der Waals surface area contributed by atoms with Crippen molar-refractivity contribution in [2.24, 2.45) is 0 Å². The van der Waals surface area contributed by atoms with Crippen LogP contribution in [0.25, 0.3) is 11.4 Å². The first-order valence-corrected chi connectivity index (χ1v) is 13.9. The van der Waals surface area contributed by atoms with Gasteiger partial charge < -0.3 is 25.6 Å². The molecule has 2 amide bonds. The van der Waals surface area contributed by atoms with Crippen LogP contribution in [0.15, 0.2) is 58.5 Å². The number of rotatable bonds is 13. The van der Waals surface area contributed by atoms with E-state index in [4.69, 9.17) is 4.74 Å². The Bertz CT molecular complexity index is 1490. The Hall–Kier alpha value is -4.20. The fourth-order valence-electron chi connectivity index (χ4n) is 4.77. The summed E-state index contributed by atoms with van der Waals surface area (Å²) in [5.41, 5.74) is 2.55. The van der Waals surface area contributed by atoms with Crippen LogP contribution >= 0.6 is 0 Å². The number of pyridine rings is 2. The fourth-order valence-corrected chi connectivity index (χ4v) is 4.77. The summed E-state index contributed by atoms with van der Waals surface area (Å²) in [4.78, 5) is 58.5. The van der Waals surface area contributed by atoms with E-state index in [1.54, 1.807) is 12.4 Å². The maximum absolute atomic E-state index is 12.2. The molecule has 0 radical (unpaired) electrons. The molecule has 4 rings (SSSR count). The number of hydrogen-bond acceptors (Lipinski definition) is 9. The molecular formula is C29H36N6O7. The number of nitrogens with one attached hydrogen (secondary N) is 3. The van der Waals surface area contributed by atoms with E-state index < -0.39 is 35.8 Å². The molecule has 4 atom stereocenters. The van der Waals surface area contributed by atoms with Crippen LogP contribution in [0, 0.1) is 6.92 Å². The zero-order valence-electron chi connectivity index (χ0n) is 23.4. The maximum atomic E-state index is 12.2. The van der Waals surface area contributed by atoms with Gasteiger partial charge in [0.15, 0.2) is 0 Å². The molecule has 1 aliphatic rings. The van der Waals surface area contributed by atoms with Crippen LogP contribution in [0.3, 0.4) is 0 Å². The van der Waals surface area contributed by atoms with E-state index in [9.17, 15) is 29.4 Å². The van der Waals surface area contributed by atoms with E-state index in [0.717, 1.165) is 39.6 Å².